The normalized spacial score (nSPS) is 16.4. The quantitative estimate of drug-likeness (QED) is 0.0244. The third-order valence-electron chi connectivity index (χ3n) is 9.61. The number of sulfonamides is 2. The molecule has 4 unspecified atom stereocenters. The highest BCUT2D eigenvalue weighted by atomic mass is 32.2. The van der Waals surface area contributed by atoms with Gasteiger partial charge in [0.05, 0.1) is 55.8 Å². The van der Waals surface area contributed by atoms with E-state index in [0.29, 0.717) is 6.54 Å². The summed E-state index contributed by atoms with van der Waals surface area (Å²) >= 11 is 0. The molecule has 0 bridgehead atoms. The monoisotopic (exact) mass is 1160 g/mol. The van der Waals surface area contributed by atoms with E-state index in [0.717, 1.165) is 0 Å². The molecule has 0 aliphatic carbocycles. The zero-order valence-corrected chi connectivity index (χ0v) is 38.3. The molecule has 11 nitrogen and oxygen atoms in total. The lowest BCUT2D eigenvalue weighted by Crippen LogP contribution is -2.55. The van der Waals surface area contributed by atoms with Gasteiger partial charge in [-0.15, -0.1) is 0 Å². The van der Waals surface area contributed by atoms with E-state index in [9.17, 15) is 136 Å². The van der Waals surface area contributed by atoms with Crippen LogP contribution in [0.15, 0.2) is 0 Å². The summed E-state index contributed by atoms with van der Waals surface area (Å²) in [6, 6.07) is 0. The molecule has 0 aliphatic heterocycles. The van der Waals surface area contributed by atoms with E-state index in [4.69, 9.17) is 10.5 Å². The predicted octanol–water partition coefficient (Wildman–Crippen LogP) is 10.5. The maximum Gasteiger partial charge on any atom is 0.431 e. The predicted molar refractivity (Wildman–Crippen MR) is 195 cm³/mol. The molecule has 4 N–H and O–H groups in total. The van der Waals surface area contributed by atoms with Gasteiger partial charge in [-0.2, -0.15) is 105 Å². The molecule has 0 aliphatic rings. The van der Waals surface area contributed by atoms with E-state index in [-0.39, 0.29) is 25.9 Å². The van der Waals surface area contributed by atoms with Crippen molar-refractivity contribution in [2.75, 3.05) is 65.9 Å². The number of nitrogens with one attached hydrogen (secondary N) is 2. The van der Waals surface area contributed by atoms with Crippen LogP contribution < -0.4 is 9.44 Å². The van der Waals surface area contributed by atoms with Crippen LogP contribution in [0.1, 0.15) is 51.4 Å². The lowest BCUT2D eigenvalue weighted by atomic mass is 9.83. The van der Waals surface area contributed by atoms with E-state index in [1.807, 2.05) is 4.72 Å². The van der Waals surface area contributed by atoms with E-state index >= 15 is 0 Å². The fourth-order valence-corrected chi connectivity index (χ4v) is 8.08. The van der Waals surface area contributed by atoms with Crippen LogP contribution in [0.4, 0.5) is 114 Å². The van der Waals surface area contributed by atoms with E-state index in [2.05, 4.69) is 0 Å². The van der Waals surface area contributed by atoms with Gasteiger partial charge in [-0.25, -0.2) is 35.1 Å². The topological polar surface area (TPSA) is 159 Å². The Bertz CT molecular complexity index is 1730. The van der Waals surface area contributed by atoms with Crippen molar-refractivity contribution in [3.8, 4) is 0 Å². The lowest BCUT2D eigenvalue weighted by Gasteiger charge is -2.35. The van der Waals surface area contributed by atoms with Gasteiger partial charge >= 0.3 is 49.4 Å². The second kappa shape index (κ2) is 26.5. The molecule has 0 aromatic heterocycles. The smallest absolute Gasteiger partial charge is 0.431 e. The molecule has 0 spiro atoms. The average molecular weight is 1160 g/mol. The summed E-state index contributed by atoms with van der Waals surface area (Å²) in [7, 11) is -3.40. The Labute approximate surface area is 387 Å². The molecule has 0 aromatic rings. The van der Waals surface area contributed by atoms with Crippen LogP contribution >= 0.6 is 0 Å². The molecule has 39 heteroatoms. The molecule has 432 valence electrons. The molecule has 0 radical (unpaired) electrons. The third-order valence-corrected chi connectivity index (χ3v) is 12.4. The maximum atomic E-state index is 13.8. The fourth-order valence-electron chi connectivity index (χ4n) is 5.70. The van der Waals surface area contributed by atoms with Gasteiger partial charge in [0, 0.05) is 32.4 Å². The van der Waals surface area contributed by atoms with Gasteiger partial charge in [-0.05, 0) is 52.7 Å². The van der Waals surface area contributed by atoms with Crippen molar-refractivity contribution < 1.29 is 146 Å². The summed E-state index contributed by atoms with van der Waals surface area (Å²) in [4.78, 5) is 1.64. The molecule has 4 atom stereocenters. The molecular formula is C32H48F26N4O7S2. The highest BCUT2D eigenvalue weighted by Gasteiger charge is 2.75. The number of rotatable bonds is 24. The van der Waals surface area contributed by atoms with Crippen molar-refractivity contribution >= 4 is 20.0 Å². The fraction of sp³-hybridized carbons (Fsp3) is 1.00. The largest absolute Gasteiger partial charge is 0.633 e. The molecule has 0 saturated heterocycles. The van der Waals surface area contributed by atoms with Crippen LogP contribution in [0.2, 0.25) is 0 Å². The zero-order chi connectivity index (χ0) is 57.7. The minimum Gasteiger partial charge on any atom is -0.633 e. The van der Waals surface area contributed by atoms with Crippen molar-refractivity contribution in [2.45, 2.75) is 112 Å². The molecule has 0 aromatic carbocycles. The van der Waals surface area contributed by atoms with Gasteiger partial charge in [-0.1, -0.05) is 0 Å². The first-order valence-electron chi connectivity index (χ1n) is 19.2. The number of hydrogen-bond donors (Lipinski definition) is 4. The van der Waals surface area contributed by atoms with Crippen molar-refractivity contribution in [1.29, 1.82) is 0 Å². The summed E-state index contributed by atoms with van der Waals surface area (Å²) in [6.07, 6.45) is -66.0. The minimum absolute atomic E-state index is 0.0813. The van der Waals surface area contributed by atoms with Crippen molar-refractivity contribution in [1.82, 2.24) is 14.3 Å². The molecule has 0 saturated carbocycles. The number of halogens is 26. The Morgan fingerprint density at radius 1 is 0.479 bits per heavy atom. The molecule has 71 heavy (non-hydrogen) atoms. The summed E-state index contributed by atoms with van der Waals surface area (Å²) in [6.45, 7) is -0.436. The van der Waals surface area contributed by atoms with Gasteiger partial charge in [0.2, 0.25) is 20.0 Å². The second-order valence-corrected chi connectivity index (χ2v) is 20.1. The first-order valence-corrected chi connectivity index (χ1v) is 22.5. The van der Waals surface area contributed by atoms with E-state index in [1.165, 1.54) is 14.1 Å². The minimum atomic E-state index is -6.92. The van der Waals surface area contributed by atoms with Crippen LogP contribution in [0, 0.1) is 28.9 Å². The van der Waals surface area contributed by atoms with Crippen molar-refractivity contribution in [3.05, 3.63) is 5.21 Å². The second-order valence-electron chi connectivity index (χ2n) is 16.2. The number of hydroxylamine groups is 3. The highest BCUT2D eigenvalue weighted by Crippen LogP contribution is 2.55. The highest BCUT2D eigenvalue weighted by molar-refractivity contribution is 7.89. The summed E-state index contributed by atoms with van der Waals surface area (Å²) in [5, 5.41) is 23.3. The van der Waals surface area contributed by atoms with Crippen LogP contribution in [0.5, 0.6) is 0 Å². The summed E-state index contributed by atoms with van der Waals surface area (Å²) in [5.41, 5.74) is -12.9. The zero-order valence-electron chi connectivity index (χ0n) is 36.7. The van der Waals surface area contributed by atoms with Gasteiger partial charge < -0.3 is 14.8 Å². The molecule has 0 amide bonds. The molecule has 0 rings (SSSR count). The van der Waals surface area contributed by atoms with Crippen LogP contribution in [-0.4, -0.2) is 164 Å². The summed E-state index contributed by atoms with van der Waals surface area (Å²) in [5.74, 6) is -17.6. The van der Waals surface area contributed by atoms with Gasteiger partial charge in [0.1, 0.15) is 0 Å². The Morgan fingerprint density at radius 2 is 0.732 bits per heavy atom. The maximum absolute atomic E-state index is 13.8. The van der Waals surface area contributed by atoms with Crippen LogP contribution in [-0.2, 0) is 20.0 Å². The molecular weight excluding hydrogens is 1110 g/mol. The third kappa shape index (κ3) is 26.7. The lowest BCUT2D eigenvalue weighted by molar-refractivity contribution is -0.840. The number of hydrogen-bond acceptors (Lipinski definition) is 8. The van der Waals surface area contributed by atoms with Gasteiger partial charge in [0.25, 0.3) is 11.3 Å². The number of quaternary nitrogens is 1. The Balaban J connectivity index is -0.00000126. The Kier molecular flexibility index (Phi) is 27.3. The van der Waals surface area contributed by atoms with Crippen LogP contribution in [0.25, 0.3) is 0 Å². The first-order chi connectivity index (χ1) is 31.0. The average Bonchev–Trinajstić information content (AvgIpc) is 3.11. The van der Waals surface area contributed by atoms with E-state index < -0.39 is 166 Å². The molecule has 0 fully saturated rings. The number of alkyl halides is 26. The van der Waals surface area contributed by atoms with Crippen molar-refractivity contribution in [3.63, 3.8) is 0 Å². The first kappa shape index (κ1) is 73.0. The van der Waals surface area contributed by atoms with Crippen molar-refractivity contribution in [2.24, 2.45) is 23.7 Å². The number of nitrogens with zero attached hydrogens (tertiary/aromatic N) is 2. The Hall–Kier alpha value is -2.20. The van der Waals surface area contributed by atoms with E-state index in [1.54, 1.807) is 23.7 Å². The summed E-state index contributed by atoms with van der Waals surface area (Å²) < 4.78 is 388. The van der Waals surface area contributed by atoms with Crippen LogP contribution in [0.3, 0.4) is 0 Å². The molecule has 0 heterocycles. The Morgan fingerprint density at radius 3 is 0.944 bits per heavy atom. The van der Waals surface area contributed by atoms with Gasteiger partial charge in [-0.3, -0.25) is 10.5 Å². The standard InChI is InChI=1S/C16H23F13N2O3S.C16H23F13N2O2S.H2O2/c1-31(2,32)6-3-5-30-35(33,34)7-4-10(13(18,19)20)8-11(14(21,22)23)9-12(17,15(24,25)26)16(27,28)29;1-31(2)6-3-5-30-34(32,33)7-4-10(13(18,19)20)8-11(14(21,22)23)9-12(17,15(24,25)26)16(27,28)29;1-2/h10-11,30H,3-9H2,1-2H3;10-11,30H,3-9H2,1-2H3;1-2H. The van der Waals surface area contributed by atoms with Gasteiger partial charge in [0.15, 0.2) is 0 Å². The SMILES string of the molecule is CN(C)CCCNS(=O)(=O)CCC(CC(CC(F)(C(F)(F)F)C(F)(F)F)C(F)(F)F)C(F)(F)F.C[N+](C)([O-])CCCNS(=O)(=O)CCC(CC(CC(F)(C(F)(F)F)C(F)(F)F)C(F)(F)F)C(F)(F)F.OO.